The van der Waals surface area contributed by atoms with Crippen molar-refractivity contribution in [2.45, 2.75) is 59.9 Å². The van der Waals surface area contributed by atoms with Gasteiger partial charge in [-0.2, -0.15) is 0 Å². The zero-order valence-electron chi connectivity index (χ0n) is 13.6. The summed E-state index contributed by atoms with van der Waals surface area (Å²) in [6.07, 6.45) is 0.640. The highest BCUT2D eigenvalue weighted by Gasteiger charge is 2.22. The van der Waals surface area contributed by atoms with Gasteiger partial charge in [0.25, 0.3) is 0 Å². The standard InChI is InChI=1S/C15H30N2O2/c1-14(2,3)12(18)8-9-13(19)17(7)11-10-16-15(4,5)6/h16H,8-11H2,1-7H3. The van der Waals surface area contributed by atoms with E-state index in [4.69, 9.17) is 0 Å². The molecule has 0 atom stereocenters. The lowest BCUT2D eigenvalue weighted by Crippen LogP contribution is -2.42. The Morgan fingerprint density at radius 1 is 1.00 bits per heavy atom. The van der Waals surface area contributed by atoms with Crippen molar-refractivity contribution >= 4 is 11.7 Å². The SMILES string of the molecule is CN(CCNC(C)(C)C)C(=O)CCC(=O)C(C)(C)C. The Labute approximate surface area is 117 Å². The van der Waals surface area contributed by atoms with Gasteiger partial charge in [0, 0.05) is 43.9 Å². The lowest BCUT2D eigenvalue weighted by molar-refractivity contribution is -0.134. The predicted molar refractivity (Wildman–Crippen MR) is 79.1 cm³/mol. The highest BCUT2D eigenvalue weighted by molar-refractivity contribution is 5.88. The Morgan fingerprint density at radius 2 is 1.53 bits per heavy atom. The van der Waals surface area contributed by atoms with E-state index in [0.29, 0.717) is 19.4 Å². The van der Waals surface area contributed by atoms with Crippen LogP contribution in [-0.2, 0) is 9.59 Å². The average Bonchev–Trinajstić information content (AvgIpc) is 2.21. The molecule has 112 valence electrons. The molecule has 0 rings (SSSR count). The third-order valence-electron chi connectivity index (χ3n) is 2.93. The van der Waals surface area contributed by atoms with Crippen molar-refractivity contribution in [3.63, 3.8) is 0 Å². The summed E-state index contributed by atoms with van der Waals surface area (Å²) >= 11 is 0. The number of likely N-dealkylation sites (N-methyl/N-ethyl adjacent to an activating group) is 1. The molecule has 0 bridgehead atoms. The summed E-state index contributed by atoms with van der Waals surface area (Å²) in [6.45, 7) is 13.4. The predicted octanol–water partition coefficient (Wildman–Crippen LogP) is 2.23. The van der Waals surface area contributed by atoms with Gasteiger partial charge in [0.2, 0.25) is 5.91 Å². The molecule has 0 aliphatic rings. The van der Waals surface area contributed by atoms with Crippen LogP contribution < -0.4 is 5.32 Å². The minimum atomic E-state index is -0.355. The number of hydrogen-bond donors (Lipinski definition) is 1. The van der Waals surface area contributed by atoms with Gasteiger partial charge < -0.3 is 10.2 Å². The van der Waals surface area contributed by atoms with Crippen molar-refractivity contribution in [1.82, 2.24) is 10.2 Å². The number of Topliss-reactive ketones (excluding diaryl/α,β-unsaturated/α-hetero) is 1. The number of ketones is 1. The van der Waals surface area contributed by atoms with Crippen LogP contribution in [0.2, 0.25) is 0 Å². The molecule has 0 radical (unpaired) electrons. The van der Waals surface area contributed by atoms with E-state index in [-0.39, 0.29) is 22.6 Å². The molecule has 4 nitrogen and oxygen atoms in total. The van der Waals surface area contributed by atoms with Crippen LogP contribution in [-0.4, -0.2) is 42.3 Å². The maximum Gasteiger partial charge on any atom is 0.222 e. The molecule has 0 saturated carbocycles. The quantitative estimate of drug-likeness (QED) is 0.805. The van der Waals surface area contributed by atoms with Crippen LogP contribution in [0.3, 0.4) is 0 Å². The van der Waals surface area contributed by atoms with Gasteiger partial charge in [0.05, 0.1) is 0 Å². The van der Waals surface area contributed by atoms with E-state index in [9.17, 15) is 9.59 Å². The van der Waals surface area contributed by atoms with Crippen molar-refractivity contribution in [3.05, 3.63) is 0 Å². The number of carbonyl (C=O) groups excluding carboxylic acids is 2. The number of rotatable bonds is 6. The van der Waals surface area contributed by atoms with Gasteiger partial charge in [-0.1, -0.05) is 20.8 Å². The van der Waals surface area contributed by atoms with E-state index in [1.54, 1.807) is 11.9 Å². The fraction of sp³-hybridized carbons (Fsp3) is 0.867. The van der Waals surface area contributed by atoms with Crippen LogP contribution in [0.15, 0.2) is 0 Å². The topological polar surface area (TPSA) is 49.4 Å². The summed E-state index contributed by atoms with van der Waals surface area (Å²) in [5.74, 6) is 0.176. The van der Waals surface area contributed by atoms with Gasteiger partial charge in [-0.25, -0.2) is 0 Å². The lowest BCUT2D eigenvalue weighted by Gasteiger charge is -2.24. The van der Waals surface area contributed by atoms with E-state index in [2.05, 4.69) is 26.1 Å². The molecule has 0 saturated heterocycles. The zero-order valence-corrected chi connectivity index (χ0v) is 13.6. The Balaban J connectivity index is 3.99. The molecular weight excluding hydrogens is 240 g/mol. The summed E-state index contributed by atoms with van der Waals surface area (Å²) < 4.78 is 0. The first-order valence-corrected chi connectivity index (χ1v) is 6.96. The molecule has 0 aromatic rings. The molecule has 0 spiro atoms. The largest absolute Gasteiger partial charge is 0.344 e. The van der Waals surface area contributed by atoms with Crippen molar-refractivity contribution in [2.75, 3.05) is 20.1 Å². The Kier molecular flexibility index (Phi) is 6.70. The molecule has 0 heterocycles. The van der Waals surface area contributed by atoms with Crippen molar-refractivity contribution < 1.29 is 9.59 Å². The molecule has 4 heteroatoms. The van der Waals surface area contributed by atoms with Crippen LogP contribution in [0.5, 0.6) is 0 Å². The van der Waals surface area contributed by atoms with Gasteiger partial charge >= 0.3 is 0 Å². The smallest absolute Gasteiger partial charge is 0.222 e. The van der Waals surface area contributed by atoms with Crippen molar-refractivity contribution in [1.29, 1.82) is 0 Å². The van der Waals surface area contributed by atoms with E-state index in [1.807, 2.05) is 20.8 Å². The zero-order chi connectivity index (χ0) is 15.3. The third kappa shape index (κ3) is 8.76. The number of nitrogens with zero attached hydrogens (tertiary/aromatic N) is 1. The fourth-order valence-electron chi connectivity index (χ4n) is 1.51. The van der Waals surface area contributed by atoms with Crippen LogP contribution in [0.1, 0.15) is 54.4 Å². The molecule has 0 aliphatic carbocycles. The minimum absolute atomic E-state index is 0.0355. The monoisotopic (exact) mass is 270 g/mol. The summed E-state index contributed by atoms with van der Waals surface area (Å²) in [6, 6.07) is 0. The van der Waals surface area contributed by atoms with E-state index >= 15 is 0 Å². The summed E-state index contributed by atoms with van der Waals surface area (Å²) in [7, 11) is 1.79. The minimum Gasteiger partial charge on any atom is -0.344 e. The van der Waals surface area contributed by atoms with Crippen LogP contribution in [0.25, 0.3) is 0 Å². The average molecular weight is 270 g/mol. The van der Waals surface area contributed by atoms with Gasteiger partial charge in [-0.15, -0.1) is 0 Å². The molecule has 1 amide bonds. The Morgan fingerprint density at radius 3 is 1.95 bits per heavy atom. The Hall–Kier alpha value is -0.900. The first kappa shape index (κ1) is 18.1. The third-order valence-corrected chi connectivity index (χ3v) is 2.93. The molecule has 0 fully saturated rings. The molecule has 0 aliphatic heterocycles. The van der Waals surface area contributed by atoms with Crippen LogP contribution >= 0.6 is 0 Å². The van der Waals surface area contributed by atoms with Crippen molar-refractivity contribution in [2.24, 2.45) is 5.41 Å². The van der Waals surface area contributed by atoms with Gasteiger partial charge in [-0.05, 0) is 20.8 Å². The van der Waals surface area contributed by atoms with Crippen LogP contribution in [0, 0.1) is 5.41 Å². The second-order valence-corrected chi connectivity index (χ2v) is 7.17. The van der Waals surface area contributed by atoms with Gasteiger partial charge in [0.15, 0.2) is 0 Å². The van der Waals surface area contributed by atoms with E-state index in [1.165, 1.54) is 0 Å². The highest BCUT2D eigenvalue weighted by atomic mass is 16.2. The molecule has 1 N–H and O–H groups in total. The molecule has 19 heavy (non-hydrogen) atoms. The maximum atomic E-state index is 11.9. The first-order chi connectivity index (χ1) is 8.43. The molecule has 0 unspecified atom stereocenters. The summed E-state index contributed by atoms with van der Waals surface area (Å²) in [5.41, 5.74) is -0.293. The molecule has 0 aromatic heterocycles. The fourth-order valence-corrected chi connectivity index (χ4v) is 1.51. The van der Waals surface area contributed by atoms with Crippen LogP contribution in [0.4, 0.5) is 0 Å². The Bertz CT molecular complexity index is 311. The summed E-state index contributed by atoms with van der Waals surface area (Å²) in [4.78, 5) is 25.3. The van der Waals surface area contributed by atoms with Gasteiger partial charge in [0.1, 0.15) is 5.78 Å². The molecular formula is C15H30N2O2. The molecule has 0 aromatic carbocycles. The van der Waals surface area contributed by atoms with Gasteiger partial charge in [-0.3, -0.25) is 9.59 Å². The second-order valence-electron chi connectivity index (χ2n) is 7.17. The lowest BCUT2D eigenvalue weighted by atomic mass is 9.88. The summed E-state index contributed by atoms with van der Waals surface area (Å²) in [5, 5.41) is 3.34. The number of hydrogen-bond acceptors (Lipinski definition) is 3. The van der Waals surface area contributed by atoms with E-state index < -0.39 is 0 Å². The van der Waals surface area contributed by atoms with E-state index in [0.717, 1.165) is 6.54 Å². The highest BCUT2D eigenvalue weighted by Crippen LogP contribution is 2.17. The maximum absolute atomic E-state index is 11.9. The first-order valence-electron chi connectivity index (χ1n) is 6.96. The second kappa shape index (κ2) is 7.04. The van der Waals surface area contributed by atoms with Crippen molar-refractivity contribution in [3.8, 4) is 0 Å². The number of nitrogens with one attached hydrogen (secondary N) is 1. The normalized spacial score (nSPS) is 12.4. The number of amides is 1. The number of carbonyl (C=O) groups is 2.